The number of rotatable bonds is 4. The van der Waals surface area contributed by atoms with Crippen molar-refractivity contribution in [2.24, 2.45) is 0 Å². The Morgan fingerprint density at radius 3 is 3.00 bits per heavy atom. The lowest BCUT2D eigenvalue weighted by Gasteiger charge is -2.10. The molecule has 1 aromatic heterocycles. The second-order valence-electron chi connectivity index (χ2n) is 3.11. The molecule has 0 aromatic carbocycles. The highest BCUT2D eigenvalue weighted by Gasteiger charge is 2.10. The summed E-state index contributed by atoms with van der Waals surface area (Å²) in [5.74, 6) is -0.270. The highest BCUT2D eigenvalue weighted by Crippen LogP contribution is 2.08. The van der Waals surface area contributed by atoms with E-state index in [1.54, 1.807) is 13.1 Å². The first-order chi connectivity index (χ1) is 6.63. The number of aromatic nitrogens is 1. The van der Waals surface area contributed by atoms with Crippen LogP contribution >= 0.6 is 0 Å². The second kappa shape index (κ2) is 4.60. The minimum absolute atomic E-state index is 0.610. The third-order valence-corrected chi connectivity index (χ3v) is 1.97. The van der Waals surface area contributed by atoms with Crippen molar-refractivity contribution < 1.29 is 9.90 Å². The Labute approximate surface area is 83.0 Å². The van der Waals surface area contributed by atoms with Crippen LogP contribution in [0.3, 0.4) is 0 Å². The van der Waals surface area contributed by atoms with Crippen molar-refractivity contribution >= 4 is 11.8 Å². The predicted octanol–water partition coefficient (Wildman–Crippen LogP) is 1.53. The molecule has 2 N–H and O–H groups in total. The Hall–Kier alpha value is -1.58. The van der Waals surface area contributed by atoms with Crippen molar-refractivity contribution in [1.82, 2.24) is 4.98 Å². The summed E-state index contributed by atoms with van der Waals surface area (Å²) < 4.78 is 0. The fourth-order valence-corrected chi connectivity index (χ4v) is 1.06. The van der Waals surface area contributed by atoms with Crippen molar-refractivity contribution in [3.8, 4) is 0 Å². The number of hydrogen-bond acceptors (Lipinski definition) is 3. The van der Waals surface area contributed by atoms with Gasteiger partial charge in [0.15, 0.2) is 0 Å². The van der Waals surface area contributed by atoms with Gasteiger partial charge in [-0.2, -0.15) is 0 Å². The van der Waals surface area contributed by atoms with E-state index in [0.29, 0.717) is 5.82 Å². The Morgan fingerprint density at radius 2 is 2.43 bits per heavy atom. The van der Waals surface area contributed by atoms with E-state index in [-0.39, 0.29) is 0 Å². The van der Waals surface area contributed by atoms with E-state index in [2.05, 4.69) is 10.3 Å². The molecule has 0 fully saturated rings. The molecule has 0 aliphatic carbocycles. The molecule has 0 amide bonds. The molecular formula is C10H14N2O2. The van der Waals surface area contributed by atoms with E-state index >= 15 is 0 Å². The van der Waals surface area contributed by atoms with Crippen molar-refractivity contribution in [2.75, 3.05) is 5.32 Å². The number of carboxylic acid groups (broad SMARTS) is 1. The number of carbonyl (C=O) groups is 1. The van der Waals surface area contributed by atoms with Crippen LogP contribution in [0.25, 0.3) is 0 Å². The van der Waals surface area contributed by atoms with Crippen LogP contribution in [0.5, 0.6) is 0 Å². The van der Waals surface area contributed by atoms with E-state index in [1.807, 2.05) is 19.1 Å². The van der Waals surface area contributed by atoms with Gasteiger partial charge in [0.2, 0.25) is 0 Å². The average Bonchev–Trinajstić information content (AvgIpc) is 2.18. The van der Waals surface area contributed by atoms with Crippen LogP contribution in [0, 0.1) is 0 Å². The van der Waals surface area contributed by atoms with Gasteiger partial charge < -0.3 is 10.4 Å². The number of hydrogen-bond donors (Lipinski definition) is 2. The number of nitrogens with zero attached hydrogens (tertiary/aromatic N) is 1. The minimum Gasteiger partial charge on any atom is -0.480 e. The second-order valence-corrected chi connectivity index (χ2v) is 3.11. The van der Waals surface area contributed by atoms with Gasteiger partial charge in [0.25, 0.3) is 0 Å². The average molecular weight is 194 g/mol. The van der Waals surface area contributed by atoms with Crippen LogP contribution in [0.2, 0.25) is 0 Å². The largest absolute Gasteiger partial charge is 0.480 e. The van der Waals surface area contributed by atoms with Gasteiger partial charge in [-0.05, 0) is 31.0 Å². The maximum Gasteiger partial charge on any atom is 0.325 e. The maximum atomic E-state index is 10.6. The zero-order chi connectivity index (χ0) is 10.6. The third-order valence-electron chi connectivity index (χ3n) is 1.97. The van der Waals surface area contributed by atoms with Crippen LogP contribution < -0.4 is 5.32 Å². The summed E-state index contributed by atoms with van der Waals surface area (Å²) >= 11 is 0. The van der Waals surface area contributed by atoms with Crippen LogP contribution in [0.15, 0.2) is 18.3 Å². The smallest absolute Gasteiger partial charge is 0.325 e. The molecule has 0 aliphatic heterocycles. The quantitative estimate of drug-likeness (QED) is 0.763. The van der Waals surface area contributed by atoms with Crippen molar-refractivity contribution in [3.63, 3.8) is 0 Å². The number of aliphatic carboxylic acids is 1. The molecule has 1 heterocycles. The summed E-state index contributed by atoms with van der Waals surface area (Å²) in [6.45, 7) is 3.63. The zero-order valence-corrected chi connectivity index (χ0v) is 8.32. The van der Waals surface area contributed by atoms with Crippen LogP contribution in [0.1, 0.15) is 19.4 Å². The summed E-state index contributed by atoms with van der Waals surface area (Å²) in [7, 11) is 0. The summed E-state index contributed by atoms with van der Waals surface area (Å²) in [6, 6.07) is 3.16. The molecule has 0 radical (unpaired) electrons. The monoisotopic (exact) mass is 194 g/mol. The molecular weight excluding hydrogens is 180 g/mol. The Bertz CT molecular complexity index is 326. The number of nitrogens with one attached hydrogen (secondary N) is 1. The van der Waals surface area contributed by atoms with Crippen LogP contribution in [-0.4, -0.2) is 22.1 Å². The lowest BCUT2D eigenvalue weighted by Crippen LogP contribution is -2.25. The SMILES string of the molecule is CCc1ccnc(N[C@@H](C)C(=O)O)c1. The summed E-state index contributed by atoms with van der Waals surface area (Å²) in [6.07, 6.45) is 2.59. The van der Waals surface area contributed by atoms with Crippen LogP contribution in [0.4, 0.5) is 5.82 Å². The van der Waals surface area contributed by atoms with E-state index in [1.165, 1.54) is 0 Å². The van der Waals surface area contributed by atoms with Gasteiger partial charge in [0.05, 0.1) is 0 Å². The number of pyridine rings is 1. The topological polar surface area (TPSA) is 62.2 Å². The third kappa shape index (κ3) is 2.73. The molecule has 1 atom stereocenters. The lowest BCUT2D eigenvalue weighted by molar-refractivity contribution is -0.137. The van der Waals surface area contributed by atoms with E-state index in [0.717, 1.165) is 12.0 Å². The Balaban J connectivity index is 2.71. The first-order valence-corrected chi connectivity index (χ1v) is 4.57. The molecule has 0 saturated carbocycles. The van der Waals surface area contributed by atoms with Gasteiger partial charge in [0, 0.05) is 6.20 Å². The number of anilines is 1. The molecule has 0 bridgehead atoms. The minimum atomic E-state index is -0.881. The van der Waals surface area contributed by atoms with E-state index in [9.17, 15) is 4.79 Å². The zero-order valence-electron chi connectivity index (χ0n) is 8.32. The van der Waals surface area contributed by atoms with E-state index in [4.69, 9.17) is 5.11 Å². The molecule has 1 rings (SSSR count). The Morgan fingerprint density at radius 1 is 1.71 bits per heavy atom. The van der Waals surface area contributed by atoms with Gasteiger partial charge in [-0.15, -0.1) is 0 Å². The number of carboxylic acids is 1. The maximum absolute atomic E-state index is 10.6. The van der Waals surface area contributed by atoms with Gasteiger partial charge in [-0.3, -0.25) is 4.79 Å². The fourth-order valence-electron chi connectivity index (χ4n) is 1.06. The van der Waals surface area contributed by atoms with E-state index < -0.39 is 12.0 Å². The molecule has 1 aromatic rings. The molecule has 14 heavy (non-hydrogen) atoms. The van der Waals surface area contributed by atoms with Crippen LogP contribution in [-0.2, 0) is 11.2 Å². The summed E-state index contributed by atoms with van der Waals surface area (Å²) in [5, 5.41) is 11.5. The first kappa shape index (κ1) is 10.5. The van der Waals surface area contributed by atoms with Gasteiger partial charge in [-0.25, -0.2) is 4.98 Å². The normalized spacial score (nSPS) is 12.1. The molecule has 0 spiro atoms. The molecule has 4 heteroatoms. The summed E-state index contributed by atoms with van der Waals surface area (Å²) in [4.78, 5) is 14.6. The molecule has 0 saturated heterocycles. The van der Waals surface area contributed by atoms with Gasteiger partial charge in [0.1, 0.15) is 11.9 Å². The highest BCUT2D eigenvalue weighted by atomic mass is 16.4. The molecule has 0 unspecified atom stereocenters. The Kier molecular flexibility index (Phi) is 3.45. The summed E-state index contributed by atoms with van der Waals surface area (Å²) in [5.41, 5.74) is 1.14. The standard InChI is InChI=1S/C10H14N2O2/c1-3-8-4-5-11-9(6-8)12-7(2)10(13)14/h4-7H,3H2,1-2H3,(H,11,12)(H,13,14)/t7-/m0/s1. The predicted molar refractivity (Wildman–Crippen MR) is 54.3 cm³/mol. The van der Waals surface area contributed by atoms with Crippen molar-refractivity contribution in [3.05, 3.63) is 23.9 Å². The first-order valence-electron chi connectivity index (χ1n) is 4.57. The van der Waals surface area contributed by atoms with Gasteiger partial charge in [-0.1, -0.05) is 6.92 Å². The molecule has 4 nitrogen and oxygen atoms in total. The molecule has 76 valence electrons. The van der Waals surface area contributed by atoms with Crippen molar-refractivity contribution in [2.45, 2.75) is 26.3 Å². The highest BCUT2D eigenvalue weighted by molar-refractivity contribution is 5.76. The van der Waals surface area contributed by atoms with Crippen molar-refractivity contribution in [1.29, 1.82) is 0 Å². The fraction of sp³-hybridized carbons (Fsp3) is 0.400. The van der Waals surface area contributed by atoms with Gasteiger partial charge >= 0.3 is 5.97 Å². The lowest BCUT2D eigenvalue weighted by atomic mass is 10.2. The molecule has 0 aliphatic rings. The number of aryl methyl sites for hydroxylation is 1.